The smallest absolute Gasteiger partial charge is 0.251 e. The van der Waals surface area contributed by atoms with Crippen molar-refractivity contribution in [2.45, 2.75) is 52.1 Å². The van der Waals surface area contributed by atoms with Gasteiger partial charge in [0.05, 0.1) is 0 Å². The molecule has 0 aromatic rings. The molecule has 1 unspecified atom stereocenters. The van der Waals surface area contributed by atoms with Gasteiger partial charge in [-0.25, -0.2) is 0 Å². The van der Waals surface area contributed by atoms with Gasteiger partial charge >= 0.3 is 0 Å². The maximum atomic E-state index is 12.5. The fourth-order valence-corrected chi connectivity index (χ4v) is 4.46. The summed E-state index contributed by atoms with van der Waals surface area (Å²) in [6, 6.07) is 0. The SMILES string of the molecule is CCCN1CCC(CN=C(NCC)N2CCN(C(=O)C3CCCO3)CC2)CC1. The van der Waals surface area contributed by atoms with Crippen LogP contribution in [0, 0.1) is 5.92 Å². The monoisotopic (exact) mass is 393 g/mol. The number of carbonyl (C=O) groups excluding carboxylic acids is 1. The van der Waals surface area contributed by atoms with Gasteiger partial charge in [0.25, 0.3) is 5.91 Å². The first-order valence-corrected chi connectivity index (χ1v) is 11.4. The molecule has 0 bridgehead atoms. The van der Waals surface area contributed by atoms with E-state index in [1.54, 1.807) is 0 Å². The zero-order valence-corrected chi connectivity index (χ0v) is 17.9. The molecule has 28 heavy (non-hydrogen) atoms. The highest BCUT2D eigenvalue weighted by Crippen LogP contribution is 2.18. The minimum atomic E-state index is -0.202. The average molecular weight is 394 g/mol. The number of nitrogens with one attached hydrogen (secondary N) is 1. The van der Waals surface area contributed by atoms with Crippen molar-refractivity contribution in [3.05, 3.63) is 0 Å². The van der Waals surface area contributed by atoms with Crippen LogP contribution in [0.2, 0.25) is 0 Å². The quantitative estimate of drug-likeness (QED) is 0.546. The zero-order chi connectivity index (χ0) is 19.8. The van der Waals surface area contributed by atoms with E-state index in [-0.39, 0.29) is 12.0 Å². The minimum absolute atomic E-state index is 0.179. The third-order valence-corrected chi connectivity index (χ3v) is 6.18. The number of amides is 1. The van der Waals surface area contributed by atoms with Gasteiger partial charge < -0.3 is 24.8 Å². The first kappa shape index (κ1) is 21.4. The van der Waals surface area contributed by atoms with Crippen LogP contribution < -0.4 is 5.32 Å². The number of aliphatic imine (C=N–C) groups is 1. The lowest BCUT2D eigenvalue weighted by Gasteiger charge is -2.37. The van der Waals surface area contributed by atoms with Crippen molar-refractivity contribution in [3.63, 3.8) is 0 Å². The van der Waals surface area contributed by atoms with Crippen molar-refractivity contribution in [2.24, 2.45) is 10.9 Å². The number of nitrogens with zero attached hydrogens (tertiary/aromatic N) is 4. The van der Waals surface area contributed by atoms with Gasteiger partial charge in [0, 0.05) is 45.9 Å². The van der Waals surface area contributed by atoms with Crippen LogP contribution in [0.4, 0.5) is 0 Å². The number of guanidine groups is 1. The van der Waals surface area contributed by atoms with Crippen LogP contribution >= 0.6 is 0 Å². The highest BCUT2D eigenvalue weighted by molar-refractivity contribution is 5.82. The van der Waals surface area contributed by atoms with Crippen LogP contribution in [-0.2, 0) is 9.53 Å². The van der Waals surface area contributed by atoms with Gasteiger partial charge in [0.1, 0.15) is 6.10 Å². The van der Waals surface area contributed by atoms with E-state index in [0.29, 0.717) is 5.92 Å². The fraction of sp³-hybridized carbons (Fsp3) is 0.905. The van der Waals surface area contributed by atoms with E-state index in [1.165, 1.54) is 38.9 Å². The second kappa shape index (κ2) is 11.0. The molecule has 0 radical (unpaired) electrons. The summed E-state index contributed by atoms with van der Waals surface area (Å²) in [6.07, 6.45) is 5.44. The zero-order valence-electron chi connectivity index (χ0n) is 17.9. The first-order chi connectivity index (χ1) is 13.7. The molecule has 0 saturated carbocycles. The Morgan fingerprint density at radius 3 is 2.36 bits per heavy atom. The fourth-order valence-electron chi connectivity index (χ4n) is 4.46. The maximum absolute atomic E-state index is 12.5. The molecule has 1 atom stereocenters. The highest BCUT2D eigenvalue weighted by Gasteiger charge is 2.31. The molecule has 3 aliphatic rings. The van der Waals surface area contributed by atoms with Crippen molar-refractivity contribution < 1.29 is 9.53 Å². The Kier molecular flexibility index (Phi) is 8.40. The number of hydrogen-bond acceptors (Lipinski definition) is 4. The van der Waals surface area contributed by atoms with E-state index in [2.05, 4.69) is 29.0 Å². The van der Waals surface area contributed by atoms with E-state index < -0.39 is 0 Å². The molecule has 160 valence electrons. The maximum Gasteiger partial charge on any atom is 0.251 e. The van der Waals surface area contributed by atoms with Crippen LogP contribution in [-0.4, -0.2) is 98.2 Å². The molecule has 0 aromatic carbocycles. The number of hydrogen-bond donors (Lipinski definition) is 1. The summed E-state index contributed by atoms with van der Waals surface area (Å²) in [5, 5.41) is 3.46. The summed E-state index contributed by atoms with van der Waals surface area (Å²) < 4.78 is 5.56. The molecule has 3 fully saturated rings. The van der Waals surface area contributed by atoms with Crippen molar-refractivity contribution in [1.82, 2.24) is 20.0 Å². The molecule has 0 spiro atoms. The molecule has 7 nitrogen and oxygen atoms in total. The number of ether oxygens (including phenoxy) is 1. The number of carbonyl (C=O) groups is 1. The topological polar surface area (TPSA) is 60.4 Å². The molecule has 1 N–H and O–H groups in total. The van der Waals surface area contributed by atoms with Gasteiger partial charge in [-0.3, -0.25) is 9.79 Å². The Balaban J connectivity index is 1.46. The van der Waals surface area contributed by atoms with Crippen LogP contribution in [0.3, 0.4) is 0 Å². The number of likely N-dealkylation sites (tertiary alicyclic amines) is 1. The van der Waals surface area contributed by atoms with Gasteiger partial charge in [-0.05, 0) is 64.6 Å². The van der Waals surface area contributed by atoms with E-state index in [0.717, 1.165) is 64.7 Å². The third-order valence-electron chi connectivity index (χ3n) is 6.18. The molecule has 1 amide bonds. The Morgan fingerprint density at radius 1 is 1.04 bits per heavy atom. The Morgan fingerprint density at radius 2 is 1.75 bits per heavy atom. The van der Waals surface area contributed by atoms with Crippen LogP contribution in [0.1, 0.15) is 46.0 Å². The lowest BCUT2D eigenvalue weighted by Crippen LogP contribution is -2.55. The van der Waals surface area contributed by atoms with E-state index in [4.69, 9.17) is 9.73 Å². The molecule has 3 aliphatic heterocycles. The lowest BCUT2D eigenvalue weighted by atomic mass is 9.97. The Hall–Kier alpha value is -1.34. The summed E-state index contributed by atoms with van der Waals surface area (Å²) in [5.74, 6) is 1.89. The second-order valence-electron chi connectivity index (χ2n) is 8.29. The predicted molar refractivity (Wildman–Crippen MR) is 113 cm³/mol. The Labute approximate surface area is 170 Å². The molecule has 3 saturated heterocycles. The van der Waals surface area contributed by atoms with Gasteiger partial charge in [-0.2, -0.15) is 0 Å². The minimum Gasteiger partial charge on any atom is -0.368 e. The van der Waals surface area contributed by atoms with Gasteiger partial charge in [0.15, 0.2) is 5.96 Å². The van der Waals surface area contributed by atoms with Crippen LogP contribution in [0.25, 0.3) is 0 Å². The second-order valence-corrected chi connectivity index (χ2v) is 8.29. The van der Waals surface area contributed by atoms with Crippen LogP contribution in [0.5, 0.6) is 0 Å². The largest absolute Gasteiger partial charge is 0.368 e. The predicted octanol–water partition coefficient (Wildman–Crippen LogP) is 1.40. The number of piperazine rings is 1. The van der Waals surface area contributed by atoms with Crippen molar-refractivity contribution in [3.8, 4) is 0 Å². The number of rotatable bonds is 6. The summed E-state index contributed by atoms with van der Waals surface area (Å²) in [4.78, 5) is 24.4. The molecular weight excluding hydrogens is 354 g/mol. The first-order valence-electron chi connectivity index (χ1n) is 11.4. The normalized spacial score (nSPS) is 25.4. The Bertz CT molecular complexity index is 505. The third kappa shape index (κ3) is 5.83. The summed E-state index contributed by atoms with van der Waals surface area (Å²) in [7, 11) is 0. The lowest BCUT2D eigenvalue weighted by molar-refractivity contribution is -0.142. The molecular formula is C21H39N5O2. The molecule has 7 heteroatoms. The van der Waals surface area contributed by atoms with Crippen molar-refractivity contribution in [1.29, 1.82) is 0 Å². The average Bonchev–Trinajstić information content (AvgIpc) is 3.27. The van der Waals surface area contributed by atoms with E-state index in [9.17, 15) is 4.79 Å². The summed E-state index contributed by atoms with van der Waals surface area (Å²) >= 11 is 0. The molecule has 3 rings (SSSR count). The molecule has 0 aliphatic carbocycles. The van der Waals surface area contributed by atoms with E-state index in [1.807, 2.05) is 4.90 Å². The van der Waals surface area contributed by atoms with E-state index >= 15 is 0 Å². The number of piperidine rings is 1. The van der Waals surface area contributed by atoms with Gasteiger partial charge in [0.2, 0.25) is 0 Å². The van der Waals surface area contributed by atoms with Gasteiger partial charge in [-0.15, -0.1) is 0 Å². The summed E-state index contributed by atoms with van der Waals surface area (Å²) in [6.45, 7) is 13.8. The van der Waals surface area contributed by atoms with Crippen molar-refractivity contribution >= 4 is 11.9 Å². The summed E-state index contributed by atoms with van der Waals surface area (Å²) in [5.41, 5.74) is 0. The highest BCUT2D eigenvalue weighted by atomic mass is 16.5. The van der Waals surface area contributed by atoms with Crippen LogP contribution in [0.15, 0.2) is 4.99 Å². The molecule has 0 aromatic heterocycles. The van der Waals surface area contributed by atoms with Crippen molar-refractivity contribution in [2.75, 3.05) is 65.5 Å². The standard InChI is InChI=1S/C21H39N5O2/c1-3-9-24-10-7-18(8-11-24)17-23-21(22-4-2)26-14-12-25(13-15-26)20(27)19-6-5-16-28-19/h18-19H,3-17H2,1-2H3,(H,22,23). The molecule has 3 heterocycles. The van der Waals surface area contributed by atoms with Gasteiger partial charge in [-0.1, -0.05) is 6.92 Å².